The van der Waals surface area contributed by atoms with Crippen molar-refractivity contribution in [3.63, 3.8) is 0 Å². The van der Waals surface area contributed by atoms with Gasteiger partial charge in [0, 0.05) is 51.3 Å². The van der Waals surface area contributed by atoms with Crippen molar-refractivity contribution >= 4 is 11.8 Å². The molecule has 7 heteroatoms. The van der Waals surface area contributed by atoms with Crippen molar-refractivity contribution in [2.45, 2.75) is 12.8 Å². The molecule has 1 aliphatic rings. The summed E-state index contributed by atoms with van der Waals surface area (Å²) < 4.78 is 5.09. The first kappa shape index (κ1) is 20.2. The molecule has 1 aromatic rings. The molecule has 144 valence electrons. The first-order valence-electron chi connectivity index (χ1n) is 9.21. The number of carbonyl (C=O) groups excluding carboxylic acids is 2. The normalized spacial score (nSPS) is 14.9. The van der Waals surface area contributed by atoms with Gasteiger partial charge in [-0.15, -0.1) is 0 Å². The van der Waals surface area contributed by atoms with Crippen molar-refractivity contribution in [3.05, 3.63) is 29.8 Å². The zero-order valence-electron chi connectivity index (χ0n) is 15.8. The highest BCUT2D eigenvalue weighted by molar-refractivity contribution is 5.94. The van der Waals surface area contributed by atoms with E-state index in [1.54, 1.807) is 31.4 Å². The summed E-state index contributed by atoms with van der Waals surface area (Å²) in [5, 5.41) is 6.01. The maximum Gasteiger partial charge on any atom is 0.251 e. The lowest BCUT2D eigenvalue weighted by Crippen LogP contribution is -2.50. The third-order valence-corrected chi connectivity index (χ3v) is 4.61. The van der Waals surface area contributed by atoms with Crippen molar-refractivity contribution in [2.24, 2.45) is 0 Å². The van der Waals surface area contributed by atoms with Crippen LogP contribution < -0.4 is 15.4 Å². The molecule has 7 nitrogen and oxygen atoms in total. The number of nitrogens with one attached hydrogen (secondary N) is 2. The van der Waals surface area contributed by atoms with E-state index in [1.807, 2.05) is 11.9 Å². The van der Waals surface area contributed by atoms with Crippen LogP contribution in [0.5, 0.6) is 5.75 Å². The molecule has 2 rings (SSSR count). The van der Waals surface area contributed by atoms with Crippen LogP contribution in [0.15, 0.2) is 24.3 Å². The van der Waals surface area contributed by atoms with Crippen LogP contribution >= 0.6 is 0 Å². The Morgan fingerprint density at radius 1 is 1.08 bits per heavy atom. The SMILES string of the molecule is CNCCCC(=O)N1CCN(CCNC(=O)c2ccc(OC)cc2)CC1. The van der Waals surface area contributed by atoms with E-state index in [4.69, 9.17) is 4.74 Å². The molecular weight excluding hydrogens is 332 g/mol. The summed E-state index contributed by atoms with van der Waals surface area (Å²) >= 11 is 0. The van der Waals surface area contributed by atoms with Crippen molar-refractivity contribution in [3.8, 4) is 5.75 Å². The number of amides is 2. The van der Waals surface area contributed by atoms with Gasteiger partial charge in [0.1, 0.15) is 5.75 Å². The third-order valence-electron chi connectivity index (χ3n) is 4.61. The zero-order valence-corrected chi connectivity index (χ0v) is 15.8. The van der Waals surface area contributed by atoms with Gasteiger partial charge in [0.25, 0.3) is 5.91 Å². The lowest BCUT2D eigenvalue weighted by atomic mass is 10.2. The molecule has 0 aromatic heterocycles. The van der Waals surface area contributed by atoms with Gasteiger partial charge in [-0.05, 0) is 44.3 Å². The molecule has 0 bridgehead atoms. The average molecular weight is 362 g/mol. The molecule has 26 heavy (non-hydrogen) atoms. The van der Waals surface area contributed by atoms with Crippen LogP contribution in [0, 0.1) is 0 Å². The van der Waals surface area contributed by atoms with Gasteiger partial charge in [0.2, 0.25) is 5.91 Å². The molecule has 1 heterocycles. The molecular formula is C19H30N4O3. The molecule has 0 spiro atoms. The first-order valence-corrected chi connectivity index (χ1v) is 9.21. The summed E-state index contributed by atoms with van der Waals surface area (Å²) in [5.74, 6) is 0.902. The second-order valence-corrected chi connectivity index (χ2v) is 6.41. The summed E-state index contributed by atoms with van der Waals surface area (Å²) in [7, 11) is 3.50. The highest BCUT2D eigenvalue weighted by atomic mass is 16.5. The lowest BCUT2D eigenvalue weighted by Gasteiger charge is -2.34. The Labute approximate surface area is 155 Å². The molecule has 0 radical (unpaired) electrons. The maximum atomic E-state index is 12.1. The van der Waals surface area contributed by atoms with Crippen molar-refractivity contribution in [2.75, 3.05) is 60.0 Å². The number of nitrogens with zero attached hydrogens (tertiary/aromatic N) is 2. The Balaban J connectivity index is 1.63. The summed E-state index contributed by atoms with van der Waals surface area (Å²) in [6, 6.07) is 7.07. The van der Waals surface area contributed by atoms with E-state index in [9.17, 15) is 9.59 Å². The minimum absolute atomic E-state index is 0.0778. The third kappa shape index (κ3) is 6.31. The van der Waals surface area contributed by atoms with E-state index in [1.165, 1.54) is 0 Å². The summed E-state index contributed by atoms with van der Waals surface area (Å²) in [5.41, 5.74) is 0.628. The Hall–Kier alpha value is -2.12. The molecule has 2 N–H and O–H groups in total. The predicted octanol–water partition coefficient (Wildman–Crippen LogP) is 0.569. The molecule has 0 atom stereocenters. The van der Waals surface area contributed by atoms with Gasteiger partial charge < -0.3 is 20.3 Å². The Morgan fingerprint density at radius 3 is 2.38 bits per heavy atom. The Morgan fingerprint density at radius 2 is 1.77 bits per heavy atom. The number of piperazine rings is 1. The zero-order chi connectivity index (χ0) is 18.8. The van der Waals surface area contributed by atoms with Crippen LogP contribution in [0.4, 0.5) is 0 Å². The fourth-order valence-electron chi connectivity index (χ4n) is 2.97. The molecule has 1 fully saturated rings. The molecule has 0 unspecified atom stereocenters. The number of carbonyl (C=O) groups is 2. The topological polar surface area (TPSA) is 73.9 Å². The largest absolute Gasteiger partial charge is 0.497 e. The van der Waals surface area contributed by atoms with Gasteiger partial charge in [-0.25, -0.2) is 0 Å². The van der Waals surface area contributed by atoms with Crippen LogP contribution in [0.3, 0.4) is 0 Å². The summed E-state index contributed by atoms with van der Waals surface area (Å²) in [6.07, 6.45) is 1.49. The molecule has 1 saturated heterocycles. The number of hydrogen-bond acceptors (Lipinski definition) is 5. The van der Waals surface area contributed by atoms with E-state index in [0.717, 1.165) is 51.4 Å². The Kier molecular flexibility index (Phi) is 8.37. The number of hydrogen-bond donors (Lipinski definition) is 2. The lowest BCUT2D eigenvalue weighted by molar-refractivity contribution is -0.133. The molecule has 0 saturated carbocycles. The van der Waals surface area contributed by atoms with Crippen LogP contribution in [0.25, 0.3) is 0 Å². The monoisotopic (exact) mass is 362 g/mol. The minimum Gasteiger partial charge on any atom is -0.497 e. The molecule has 0 aliphatic carbocycles. The number of benzene rings is 1. The fourth-order valence-corrected chi connectivity index (χ4v) is 2.97. The van der Waals surface area contributed by atoms with Gasteiger partial charge in [-0.2, -0.15) is 0 Å². The first-order chi connectivity index (χ1) is 12.6. The fraction of sp³-hybridized carbons (Fsp3) is 0.579. The smallest absolute Gasteiger partial charge is 0.251 e. The standard InChI is InChI=1S/C19H30N4O3/c1-20-9-3-4-18(24)23-14-12-22(13-15-23)11-10-21-19(25)16-5-7-17(26-2)8-6-16/h5-8,20H,3-4,9-15H2,1-2H3,(H,21,25). The second-order valence-electron chi connectivity index (χ2n) is 6.41. The van der Waals surface area contributed by atoms with Gasteiger partial charge in [0.15, 0.2) is 0 Å². The number of rotatable bonds is 9. The average Bonchev–Trinajstić information content (AvgIpc) is 2.68. The van der Waals surface area contributed by atoms with Crippen LogP contribution in [0.2, 0.25) is 0 Å². The van der Waals surface area contributed by atoms with Gasteiger partial charge >= 0.3 is 0 Å². The van der Waals surface area contributed by atoms with E-state index in [2.05, 4.69) is 15.5 Å². The number of ether oxygens (including phenoxy) is 1. The number of methoxy groups -OCH3 is 1. The highest BCUT2D eigenvalue weighted by Gasteiger charge is 2.20. The summed E-state index contributed by atoms with van der Waals surface area (Å²) in [6.45, 7) is 5.52. The quantitative estimate of drug-likeness (QED) is 0.629. The van der Waals surface area contributed by atoms with Gasteiger partial charge in [0.05, 0.1) is 7.11 Å². The molecule has 2 amide bonds. The minimum atomic E-state index is -0.0778. The van der Waals surface area contributed by atoms with E-state index in [0.29, 0.717) is 18.5 Å². The van der Waals surface area contributed by atoms with E-state index in [-0.39, 0.29) is 11.8 Å². The van der Waals surface area contributed by atoms with Gasteiger partial charge in [-0.1, -0.05) is 0 Å². The predicted molar refractivity (Wildman–Crippen MR) is 102 cm³/mol. The van der Waals surface area contributed by atoms with Crippen molar-refractivity contribution in [1.29, 1.82) is 0 Å². The van der Waals surface area contributed by atoms with Crippen LogP contribution in [0.1, 0.15) is 23.2 Å². The van der Waals surface area contributed by atoms with E-state index >= 15 is 0 Å². The van der Waals surface area contributed by atoms with E-state index < -0.39 is 0 Å². The van der Waals surface area contributed by atoms with Crippen LogP contribution in [-0.2, 0) is 4.79 Å². The van der Waals surface area contributed by atoms with Crippen molar-refractivity contribution < 1.29 is 14.3 Å². The Bertz CT molecular complexity index is 569. The summed E-state index contributed by atoms with van der Waals surface area (Å²) in [4.78, 5) is 28.5. The van der Waals surface area contributed by atoms with Crippen molar-refractivity contribution in [1.82, 2.24) is 20.4 Å². The van der Waals surface area contributed by atoms with Crippen LogP contribution in [-0.4, -0.2) is 81.6 Å². The molecule has 1 aliphatic heterocycles. The molecule has 1 aromatic carbocycles. The second kappa shape index (κ2) is 10.8. The van der Waals surface area contributed by atoms with Gasteiger partial charge in [-0.3, -0.25) is 14.5 Å². The highest BCUT2D eigenvalue weighted by Crippen LogP contribution is 2.11. The maximum absolute atomic E-state index is 12.1.